The van der Waals surface area contributed by atoms with Gasteiger partial charge >= 0.3 is 0 Å². The average Bonchev–Trinajstić information content (AvgIpc) is 2.80. The highest BCUT2D eigenvalue weighted by molar-refractivity contribution is 7.16. The van der Waals surface area contributed by atoms with Gasteiger partial charge < -0.3 is 15.4 Å². The van der Waals surface area contributed by atoms with E-state index in [0.717, 1.165) is 28.1 Å². The minimum absolute atomic E-state index is 0.374. The first-order valence-electron chi connectivity index (χ1n) is 6.02. The molecule has 0 spiro atoms. The Kier molecular flexibility index (Phi) is 4.04. The standard InChI is InChI=1S/C13H19N3OS/c1-9(2)16(6-7-17-3)10-4-5-11-13(12(10)14)15-8-18-11/h4-5,8-9H,6-7,14H2,1-3H3. The van der Waals surface area contributed by atoms with E-state index in [1.165, 1.54) is 0 Å². The highest BCUT2D eigenvalue weighted by Gasteiger charge is 2.15. The van der Waals surface area contributed by atoms with Crippen molar-refractivity contribution in [2.45, 2.75) is 19.9 Å². The first-order chi connectivity index (χ1) is 8.65. The van der Waals surface area contributed by atoms with E-state index in [9.17, 15) is 0 Å². The lowest BCUT2D eigenvalue weighted by molar-refractivity contribution is 0.204. The van der Waals surface area contributed by atoms with Crippen molar-refractivity contribution in [2.75, 3.05) is 30.9 Å². The normalized spacial score (nSPS) is 11.3. The Balaban J connectivity index is 2.40. The highest BCUT2D eigenvalue weighted by Crippen LogP contribution is 2.33. The first-order valence-corrected chi connectivity index (χ1v) is 6.90. The van der Waals surface area contributed by atoms with E-state index in [4.69, 9.17) is 10.5 Å². The molecule has 0 bridgehead atoms. The van der Waals surface area contributed by atoms with Gasteiger partial charge in [-0.15, -0.1) is 11.3 Å². The van der Waals surface area contributed by atoms with Crippen molar-refractivity contribution >= 4 is 32.9 Å². The third-order valence-electron chi connectivity index (χ3n) is 2.99. The molecule has 0 amide bonds. The quantitative estimate of drug-likeness (QED) is 0.845. The minimum Gasteiger partial charge on any atom is -0.395 e. The predicted molar refractivity (Wildman–Crippen MR) is 78.4 cm³/mol. The number of nitrogen functional groups attached to an aromatic ring is 1. The van der Waals surface area contributed by atoms with Gasteiger partial charge in [0.1, 0.15) is 5.52 Å². The van der Waals surface area contributed by atoms with Crippen molar-refractivity contribution in [3.8, 4) is 0 Å². The van der Waals surface area contributed by atoms with Crippen molar-refractivity contribution in [1.82, 2.24) is 4.98 Å². The molecule has 0 aliphatic rings. The van der Waals surface area contributed by atoms with Crippen LogP contribution >= 0.6 is 11.3 Å². The summed E-state index contributed by atoms with van der Waals surface area (Å²) in [5.74, 6) is 0. The molecule has 2 N–H and O–H groups in total. The van der Waals surface area contributed by atoms with E-state index >= 15 is 0 Å². The maximum Gasteiger partial charge on any atom is 0.106 e. The van der Waals surface area contributed by atoms with Crippen molar-refractivity contribution in [3.05, 3.63) is 17.6 Å². The molecule has 98 valence electrons. The summed E-state index contributed by atoms with van der Waals surface area (Å²) in [6.07, 6.45) is 0. The van der Waals surface area contributed by atoms with Gasteiger partial charge in [-0.2, -0.15) is 0 Å². The maximum absolute atomic E-state index is 6.24. The molecule has 0 radical (unpaired) electrons. The third-order valence-corrected chi connectivity index (χ3v) is 3.78. The SMILES string of the molecule is COCCN(c1ccc2scnc2c1N)C(C)C. The summed E-state index contributed by atoms with van der Waals surface area (Å²) in [6, 6.07) is 4.53. The molecule has 5 heteroatoms. The molecule has 0 aliphatic heterocycles. The van der Waals surface area contributed by atoms with E-state index in [2.05, 4.69) is 35.9 Å². The van der Waals surface area contributed by atoms with Crippen LogP contribution in [0.2, 0.25) is 0 Å². The van der Waals surface area contributed by atoms with Gasteiger partial charge in [0, 0.05) is 19.7 Å². The van der Waals surface area contributed by atoms with Gasteiger partial charge in [-0.3, -0.25) is 0 Å². The Hall–Kier alpha value is -1.33. The van der Waals surface area contributed by atoms with E-state index in [1.54, 1.807) is 18.4 Å². The number of methoxy groups -OCH3 is 1. The lowest BCUT2D eigenvalue weighted by atomic mass is 10.2. The van der Waals surface area contributed by atoms with Crippen molar-refractivity contribution in [1.29, 1.82) is 0 Å². The lowest BCUT2D eigenvalue weighted by Gasteiger charge is -2.29. The summed E-state index contributed by atoms with van der Waals surface area (Å²) in [4.78, 5) is 6.58. The zero-order valence-corrected chi connectivity index (χ0v) is 11.8. The molecule has 2 aromatic rings. The Labute approximate surface area is 111 Å². The zero-order chi connectivity index (χ0) is 13.1. The number of thiazole rings is 1. The monoisotopic (exact) mass is 265 g/mol. The minimum atomic E-state index is 0.374. The number of ether oxygens (including phenoxy) is 1. The Morgan fingerprint density at radius 3 is 2.89 bits per heavy atom. The number of hydrogen-bond acceptors (Lipinski definition) is 5. The van der Waals surface area contributed by atoms with Gasteiger partial charge in [-0.25, -0.2) is 4.98 Å². The molecular weight excluding hydrogens is 246 g/mol. The second-order valence-corrected chi connectivity index (χ2v) is 5.36. The molecule has 1 aromatic carbocycles. The maximum atomic E-state index is 6.24. The van der Waals surface area contributed by atoms with Crippen LogP contribution in [0.15, 0.2) is 17.6 Å². The molecule has 2 rings (SSSR count). The van der Waals surface area contributed by atoms with Gasteiger partial charge in [0.2, 0.25) is 0 Å². The zero-order valence-electron chi connectivity index (χ0n) is 11.0. The molecule has 1 aromatic heterocycles. The molecule has 0 atom stereocenters. The first kappa shape index (κ1) is 13.1. The average molecular weight is 265 g/mol. The van der Waals surface area contributed by atoms with Gasteiger partial charge in [-0.1, -0.05) is 0 Å². The van der Waals surface area contributed by atoms with E-state index in [0.29, 0.717) is 12.6 Å². The van der Waals surface area contributed by atoms with Crippen LogP contribution in [0.1, 0.15) is 13.8 Å². The third kappa shape index (κ3) is 2.42. The number of nitrogens with zero attached hydrogens (tertiary/aromatic N) is 2. The summed E-state index contributed by atoms with van der Waals surface area (Å²) in [6.45, 7) is 5.82. The molecule has 0 unspecified atom stereocenters. The summed E-state index contributed by atoms with van der Waals surface area (Å²) in [5.41, 5.74) is 10.8. The molecule has 1 heterocycles. The Morgan fingerprint density at radius 2 is 2.22 bits per heavy atom. The van der Waals surface area contributed by atoms with Crippen LogP contribution in [0.4, 0.5) is 11.4 Å². The molecule has 0 fully saturated rings. The van der Waals surface area contributed by atoms with E-state index in [-0.39, 0.29) is 0 Å². The topological polar surface area (TPSA) is 51.4 Å². The van der Waals surface area contributed by atoms with Gasteiger partial charge in [-0.05, 0) is 26.0 Å². The Bertz CT molecular complexity index is 524. The van der Waals surface area contributed by atoms with Crippen LogP contribution in [0, 0.1) is 0 Å². The number of benzene rings is 1. The van der Waals surface area contributed by atoms with Crippen LogP contribution < -0.4 is 10.6 Å². The number of nitrogens with two attached hydrogens (primary N) is 1. The van der Waals surface area contributed by atoms with Crippen molar-refractivity contribution in [3.63, 3.8) is 0 Å². The number of rotatable bonds is 5. The molecule has 0 saturated carbocycles. The fraction of sp³-hybridized carbons (Fsp3) is 0.462. The Morgan fingerprint density at radius 1 is 1.44 bits per heavy atom. The van der Waals surface area contributed by atoms with Crippen LogP contribution in [0.5, 0.6) is 0 Å². The highest BCUT2D eigenvalue weighted by atomic mass is 32.1. The fourth-order valence-corrected chi connectivity index (χ4v) is 2.73. The van der Waals surface area contributed by atoms with Crippen molar-refractivity contribution < 1.29 is 4.74 Å². The second kappa shape index (κ2) is 5.54. The number of hydrogen-bond donors (Lipinski definition) is 1. The second-order valence-electron chi connectivity index (χ2n) is 4.48. The van der Waals surface area contributed by atoms with Crippen LogP contribution in [0.3, 0.4) is 0 Å². The molecule has 18 heavy (non-hydrogen) atoms. The number of anilines is 2. The van der Waals surface area contributed by atoms with Gasteiger partial charge in [0.05, 0.1) is 28.2 Å². The number of aromatic nitrogens is 1. The summed E-state index contributed by atoms with van der Waals surface area (Å²) < 4.78 is 6.29. The van der Waals surface area contributed by atoms with Gasteiger partial charge in [0.25, 0.3) is 0 Å². The molecule has 0 aliphatic carbocycles. The largest absolute Gasteiger partial charge is 0.395 e. The van der Waals surface area contributed by atoms with Gasteiger partial charge in [0.15, 0.2) is 0 Å². The lowest BCUT2D eigenvalue weighted by Crippen LogP contribution is -2.34. The molecular formula is C13H19N3OS. The number of fused-ring (bicyclic) bond motifs is 1. The van der Waals surface area contributed by atoms with E-state index in [1.807, 2.05) is 5.51 Å². The van der Waals surface area contributed by atoms with E-state index < -0.39 is 0 Å². The van der Waals surface area contributed by atoms with Crippen molar-refractivity contribution in [2.24, 2.45) is 0 Å². The molecule has 0 saturated heterocycles. The summed E-state index contributed by atoms with van der Waals surface area (Å²) in [5, 5.41) is 0. The molecule has 4 nitrogen and oxygen atoms in total. The van der Waals surface area contributed by atoms with Crippen LogP contribution in [0.25, 0.3) is 10.2 Å². The summed E-state index contributed by atoms with van der Waals surface area (Å²) in [7, 11) is 1.71. The summed E-state index contributed by atoms with van der Waals surface area (Å²) >= 11 is 1.61. The van der Waals surface area contributed by atoms with Crippen LogP contribution in [-0.4, -0.2) is 31.3 Å². The predicted octanol–water partition coefficient (Wildman–Crippen LogP) is 2.74. The van der Waals surface area contributed by atoms with Crippen LogP contribution in [-0.2, 0) is 4.74 Å². The fourth-order valence-electron chi connectivity index (χ4n) is 2.04. The smallest absolute Gasteiger partial charge is 0.106 e.